The maximum atomic E-state index is 13.0. The van der Waals surface area contributed by atoms with Crippen LogP contribution in [0.1, 0.15) is 63.5 Å². The Bertz CT molecular complexity index is 2150. The molecular formula is C33H38Cl2F2N7O11P. The molecule has 4 aromatic rings. The minimum Gasteiger partial charge on any atom is -0.489 e. The zero-order valence-electron chi connectivity index (χ0n) is 30.5. The molecule has 2 amide bonds. The quantitative estimate of drug-likeness (QED) is 0.0549. The number of aromatic nitrogens is 3. The number of carbonyl (C=O) groups excluding carboxylic acids is 1. The van der Waals surface area contributed by atoms with Crippen LogP contribution in [0.5, 0.6) is 5.75 Å². The van der Waals surface area contributed by atoms with Gasteiger partial charge in [0.2, 0.25) is 5.89 Å². The number of hydrogen-bond donors (Lipinski definition) is 7. The van der Waals surface area contributed by atoms with E-state index in [1.165, 1.54) is 31.3 Å². The molecule has 0 unspecified atom stereocenters. The summed E-state index contributed by atoms with van der Waals surface area (Å²) in [5.41, 5.74) is 2.13. The molecule has 304 valence electrons. The molecule has 4 rings (SSSR count). The summed E-state index contributed by atoms with van der Waals surface area (Å²) in [5.74, 6) is -3.86. The second kappa shape index (κ2) is 20.6. The molecule has 23 heteroatoms. The van der Waals surface area contributed by atoms with E-state index in [0.29, 0.717) is 28.4 Å². The molecule has 2 aromatic heterocycles. The topological polar surface area (TPSA) is 268 Å². The van der Waals surface area contributed by atoms with Crippen LogP contribution in [0.3, 0.4) is 0 Å². The van der Waals surface area contributed by atoms with E-state index in [-0.39, 0.29) is 39.2 Å². The summed E-state index contributed by atoms with van der Waals surface area (Å²) in [4.78, 5) is 64.9. The lowest BCUT2D eigenvalue weighted by Gasteiger charge is -2.13. The van der Waals surface area contributed by atoms with Crippen LogP contribution >= 0.6 is 30.8 Å². The van der Waals surface area contributed by atoms with Crippen molar-refractivity contribution >= 4 is 60.2 Å². The first-order valence-electron chi connectivity index (χ1n) is 15.9. The number of carboxylic acid groups (broad SMARTS) is 2. The number of carboxylic acids is 2. The number of nitrogens with zero attached hydrogens (tertiary/aromatic N) is 4. The third-order valence-corrected chi connectivity index (χ3v) is 7.44. The molecule has 0 spiro atoms. The van der Waals surface area contributed by atoms with Gasteiger partial charge in [-0.2, -0.15) is 9.78 Å². The highest BCUT2D eigenvalue weighted by Crippen LogP contribution is 2.34. The molecule has 0 bridgehead atoms. The van der Waals surface area contributed by atoms with Crippen LogP contribution in [0.2, 0.25) is 10.0 Å². The van der Waals surface area contributed by atoms with Crippen LogP contribution in [-0.4, -0.2) is 77.4 Å². The number of anilines is 1. The van der Waals surface area contributed by atoms with Crippen molar-refractivity contribution < 1.29 is 56.9 Å². The van der Waals surface area contributed by atoms with Crippen molar-refractivity contribution in [2.24, 2.45) is 5.10 Å². The van der Waals surface area contributed by atoms with E-state index in [2.05, 4.69) is 31.2 Å². The average molecular weight is 849 g/mol. The number of aliphatic carboxylic acids is 1. The predicted molar refractivity (Wildman–Crippen MR) is 201 cm³/mol. The number of rotatable bonds is 11. The summed E-state index contributed by atoms with van der Waals surface area (Å²) in [5, 5.41) is 29.9. The van der Waals surface area contributed by atoms with Gasteiger partial charge in [0.15, 0.2) is 0 Å². The molecule has 0 radical (unpaired) electrons. The van der Waals surface area contributed by atoms with Crippen LogP contribution in [0, 0.1) is 11.6 Å². The number of amides is 2. The van der Waals surface area contributed by atoms with Crippen LogP contribution < -0.4 is 26.6 Å². The molecule has 0 saturated heterocycles. The summed E-state index contributed by atoms with van der Waals surface area (Å²) in [6.07, 6.45) is 0.723. The smallest absolute Gasteiger partial charge is 0.442 e. The zero-order valence-corrected chi connectivity index (χ0v) is 32.9. The van der Waals surface area contributed by atoms with E-state index in [4.69, 9.17) is 52.4 Å². The minimum absolute atomic E-state index is 0.0642. The Morgan fingerprint density at radius 1 is 1.05 bits per heavy atom. The standard InChI is InChI=1S/C15H18Cl2N2O3.C15H12F2N4O3.C3H8NO5P/c1-8(2)21-12-7-11(9(16)6-10(12)17)19-14(20)22-13(18-19)15(3,4)5;1-8(13-12(14(22)23)3-2-4-18-13)20-21-15(24)19-11-6-9(16)5-10(17)7-11;5-3(6)1-4-2-10(7,8)9/h6-8H,1-5H3;2-7H,1H3,(H,22,23)(H2,19,21,24);4H,1-2H2,(H,5,6)(H2,7,8,9)/b;20-8+;. The summed E-state index contributed by atoms with van der Waals surface area (Å²) >= 11 is 12.3. The third-order valence-electron chi connectivity index (χ3n) is 6.20. The maximum Gasteiger partial charge on any atom is 0.442 e. The molecule has 0 aliphatic rings. The number of benzene rings is 2. The molecule has 0 atom stereocenters. The van der Waals surface area contributed by atoms with Gasteiger partial charge in [0, 0.05) is 29.4 Å². The summed E-state index contributed by atoms with van der Waals surface area (Å²) < 4.78 is 48.0. The Labute approximate surface area is 327 Å². The second-order valence-corrected chi connectivity index (χ2v) is 15.0. The molecule has 0 saturated carbocycles. The van der Waals surface area contributed by atoms with Crippen LogP contribution in [0.4, 0.5) is 19.3 Å². The monoisotopic (exact) mass is 847 g/mol. The van der Waals surface area contributed by atoms with Crippen molar-refractivity contribution in [3.63, 3.8) is 0 Å². The lowest BCUT2D eigenvalue weighted by Crippen LogP contribution is -2.26. The van der Waals surface area contributed by atoms with E-state index >= 15 is 0 Å². The van der Waals surface area contributed by atoms with Crippen molar-refractivity contribution in [2.75, 3.05) is 18.1 Å². The number of nitrogens with one attached hydrogen (secondary N) is 3. The highest BCUT2D eigenvalue weighted by molar-refractivity contribution is 7.51. The van der Waals surface area contributed by atoms with Gasteiger partial charge >= 0.3 is 31.3 Å². The minimum atomic E-state index is -4.10. The van der Waals surface area contributed by atoms with Crippen molar-refractivity contribution in [2.45, 2.75) is 53.1 Å². The Morgan fingerprint density at radius 3 is 2.20 bits per heavy atom. The molecule has 0 aliphatic heterocycles. The summed E-state index contributed by atoms with van der Waals surface area (Å²) in [6.45, 7) is 10.5. The number of hydrogen-bond acceptors (Lipinski definition) is 11. The fraction of sp³-hybridized carbons (Fsp3) is 0.303. The van der Waals surface area contributed by atoms with Crippen LogP contribution in [0.25, 0.3) is 5.69 Å². The van der Waals surface area contributed by atoms with Gasteiger partial charge in [-0.15, -0.1) is 5.10 Å². The van der Waals surface area contributed by atoms with Crippen molar-refractivity contribution in [3.8, 4) is 11.4 Å². The van der Waals surface area contributed by atoms with Crippen molar-refractivity contribution in [1.29, 1.82) is 0 Å². The molecule has 0 fully saturated rings. The molecule has 56 heavy (non-hydrogen) atoms. The number of urea groups is 1. The number of ether oxygens (including phenoxy) is 1. The second-order valence-electron chi connectivity index (χ2n) is 12.5. The first kappa shape index (κ1) is 46.9. The number of pyridine rings is 1. The highest BCUT2D eigenvalue weighted by Gasteiger charge is 2.24. The van der Waals surface area contributed by atoms with Gasteiger partial charge in [-0.3, -0.25) is 19.7 Å². The molecule has 2 heterocycles. The fourth-order valence-electron chi connectivity index (χ4n) is 3.91. The molecule has 0 aliphatic carbocycles. The lowest BCUT2D eigenvalue weighted by atomic mass is 9.97. The van der Waals surface area contributed by atoms with E-state index < -0.39 is 55.8 Å². The number of halogens is 4. The van der Waals surface area contributed by atoms with E-state index in [9.17, 15) is 32.5 Å². The Balaban J connectivity index is 0.000000314. The predicted octanol–water partition coefficient (Wildman–Crippen LogP) is 5.62. The summed E-state index contributed by atoms with van der Waals surface area (Å²) in [7, 11) is -4.10. The number of aromatic carboxylic acids is 1. The lowest BCUT2D eigenvalue weighted by molar-refractivity contribution is -0.135. The molecule has 7 N–H and O–H groups in total. The number of carbonyl (C=O) groups is 3. The van der Waals surface area contributed by atoms with E-state index in [0.717, 1.165) is 16.8 Å². The van der Waals surface area contributed by atoms with Gasteiger partial charge < -0.3 is 34.5 Å². The zero-order chi connectivity index (χ0) is 42.5. The number of hydrazone groups is 1. The summed E-state index contributed by atoms with van der Waals surface area (Å²) in [6, 6.07) is 7.58. The molecule has 18 nitrogen and oxygen atoms in total. The van der Waals surface area contributed by atoms with Gasteiger partial charge in [0.05, 0.1) is 45.9 Å². The first-order valence-corrected chi connectivity index (χ1v) is 18.4. The molecular weight excluding hydrogens is 810 g/mol. The van der Waals surface area contributed by atoms with Gasteiger partial charge in [0.1, 0.15) is 23.1 Å². The Kier molecular flexibility index (Phi) is 17.3. The fourth-order valence-corrected chi connectivity index (χ4v) is 4.82. The van der Waals surface area contributed by atoms with Gasteiger partial charge in [-0.25, -0.2) is 28.6 Å². The van der Waals surface area contributed by atoms with Gasteiger partial charge in [0.25, 0.3) is 0 Å². The van der Waals surface area contributed by atoms with Crippen LogP contribution in [-0.2, 0) is 14.8 Å². The van der Waals surface area contributed by atoms with Gasteiger partial charge in [-0.05, 0) is 51.1 Å². The van der Waals surface area contributed by atoms with Crippen molar-refractivity contribution in [1.82, 2.24) is 25.5 Å². The molecule has 2 aromatic carbocycles. The largest absolute Gasteiger partial charge is 0.489 e. The average Bonchev–Trinajstić information content (AvgIpc) is 3.46. The normalized spacial score (nSPS) is 11.5. The van der Waals surface area contributed by atoms with Crippen LogP contribution in [0.15, 0.2) is 63.0 Å². The SMILES string of the molecule is C/C(=N\NC(=O)Nc1cc(F)cc(F)c1)c1ncccc1C(=O)O.CC(C)Oc1cc(-n2nc(C(C)(C)C)oc2=O)c(Cl)cc1Cl.O=C(O)CNCP(=O)(O)O. The highest BCUT2D eigenvalue weighted by atomic mass is 35.5. The van der Waals surface area contributed by atoms with Crippen molar-refractivity contribution in [3.05, 3.63) is 98.0 Å². The van der Waals surface area contributed by atoms with E-state index in [1.807, 2.05) is 34.6 Å². The van der Waals surface area contributed by atoms with Gasteiger partial charge in [-0.1, -0.05) is 44.0 Å². The Hall–Kier alpha value is -5.24. The maximum absolute atomic E-state index is 13.0. The Morgan fingerprint density at radius 2 is 1.68 bits per heavy atom. The first-order chi connectivity index (χ1) is 25.9. The van der Waals surface area contributed by atoms with E-state index in [1.54, 1.807) is 6.07 Å². The third kappa shape index (κ3) is 15.9.